The number of aryl methyl sites for hydroxylation is 1. The van der Waals surface area contributed by atoms with Gasteiger partial charge in [0.15, 0.2) is 11.0 Å². The van der Waals surface area contributed by atoms with E-state index in [-0.39, 0.29) is 17.1 Å². The summed E-state index contributed by atoms with van der Waals surface area (Å²) in [5, 5.41) is 30.5. The Labute approximate surface area is 204 Å². The lowest BCUT2D eigenvalue weighted by atomic mass is 10.2. The summed E-state index contributed by atoms with van der Waals surface area (Å²) in [6, 6.07) is 21.5. The van der Waals surface area contributed by atoms with Crippen LogP contribution in [0.5, 0.6) is 0 Å². The number of thioether (sulfide) groups is 1. The number of pyridine rings is 1. The Bertz CT molecular complexity index is 1520. The lowest BCUT2D eigenvalue weighted by molar-refractivity contribution is 0.420. The van der Waals surface area contributed by atoms with E-state index in [1.54, 1.807) is 12.4 Å². The quantitative estimate of drug-likeness (QED) is 0.184. The molecule has 5 rings (SSSR count). The van der Waals surface area contributed by atoms with Crippen molar-refractivity contribution in [1.82, 2.24) is 24.7 Å². The molecule has 0 fully saturated rings. The van der Waals surface area contributed by atoms with Gasteiger partial charge in [-0.15, -0.1) is 21.5 Å². The maximum absolute atomic E-state index is 10.8. The van der Waals surface area contributed by atoms with E-state index in [4.69, 9.17) is 0 Å². The van der Waals surface area contributed by atoms with Crippen LogP contribution in [0, 0.1) is 18.3 Å². The van der Waals surface area contributed by atoms with Crippen molar-refractivity contribution in [2.45, 2.75) is 12.1 Å². The van der Waals surface area contributed by atoms with Gasteiger partial charge in [0, 0.05) is 18.0 Å². The number of aromatic nitrogens is 5. The summed E-state index contributed by atoms with van der Waals surface area (Å²) in [6.45, 7) is 2.02. The molecule has 0 saturated carbocycles. The predicted molar refractivity (Wildman–Crippen MR) is 135 cm³/mol. The van der Waals surface area contributed by atoms with E-state index in [0.717, 1.165) is 27.0 Å². The average Bonchev–Trinajstić information content (AvgIpc) is 3.48. The first-order valence-corrected chi connectivity index (χ1v) is 12.2. The van der Waals surface area contributed by atoms with Gasteiger partial charge in [-0.1, -0.05) is 42.1 Å². The van der Waals surface area contributed by atoms with E-state index >= 15 is 0 Å². The number of rotatable bonds is 6. The second-order valence-corrected chi connectivity index (χ2v) is 9.35. The molecule has 3 aromatic heterocycles. The van der Waals surface area contributed by atoms with Crippen LogP contribution in [0.4, 0.5) is 0 Å². The molecule has 0 bridgehead atoms. The molecule has 0 amide bonds. The van der Waals surface area contributed by atoms with Crippen LogP contribution in [0.1, 0.15) is 10.6 Å². The van der Waals surface area contributed by atoms with Gasteiger partial charge in [-0.3, -0.25) is 9.55 Å². The number of nitrogens with zero attached hydrogens (tertiary/aromatic N) is 6. The molecular formula is C25H18N6OS2. The topological polar surface area (TPSA) is 101 Å². The number of fused-ring (bicyclic) bond motifs is 1. The summed E-state index contributed by atoms with van der Waals surface area (Å²) in [5.41, 5.74) is 3.79. The Hall–Kier alpha value is -4.00. The highest BCUT2D eigenvalue weighted by molar-refractivity contribution is 7.99. The fourth-order valence-corrected chi connectivity index (χ4v) is 5.30. The molecule has 0 unspecified atom stereocenters. The van der Waals surface area contributed by atoms with Crippen molar-refractivity contribution < 1.29 is 5.11 Å². The molecule has 0 saturated heterocycles. The van der Waals surface area contributed by atoms with Gasteiger partial charge in [-0.2, -0.15) is 5.26 Å². The van der Waals surface area contributed by atoms with E-state index in [9.17, 15) is 10.4 Å². The fourth-order valence-electron chi connectivity index (χ4n) is 3.50. The average molecular weight is 483 g/mol. The molecule has 2 aromatic carbocycles. The molecule has 0 aliphatic heterocycles. The summed E-state index contributed by atoms with van der Waals surface area (Å²) in [6.07, 6.45) is 3.45. The summed E-state index contributed by atoms with van der Waals surface area (Å²) < 4.78 is 2.92. The normalized spacial score (nSPS) is 11.9. The van der Waals surface area contributed by atoms with Gasteiger partial charge in [0.25, 0.3) is 0 Å². The number of nitriles is 1. The van der Waals surface area contributed by atoms with E-state index in [0.29, 0.717) is 16.0 Å². The Kier molecular flexibility index (Phi) is 6.08. The third kappa shape index (κ3) is 4.17. The van der Waals surface area contributed by atoms with Crippen LogP contribution in [0.3, 0.4) is 0 Å². The standard InChI is InChI=1S/C25H18N6OS2/c1-16-7-2-4-10-20(16)31-23(17-8-6-12-27-14-17)29-30-25(31)33-15-21(32)18(13-26)24-28-19-9-3-5-11-22(19)34-24/h2-12,14,32H,15H2,1H3/b21-18-. The van der Waals surface area contributed by atoms with Gasteiger partial charge in [0.1, 0.15) is 22.4 Å². The van der Waals surface area contributed by atoms with Crippen molar-refractivity contribution in [2.75, 3.05) is 5.75 Å². The maximum atomic E-state index is 10.8. The lowest BCUT2D eigenvalue weighted by Crippen LogP contribution is -2.03. The van der Waals surface area contributed by atoms with Crippen molar-refractivity contribution in [3.05, 3.63) is 89.4 Å². The number of benzene rings is 2. The molecule has 1 N–H and O–H groups in total. The highest BCUT2D eigenvalue weighted by Gasteiger charge is 2.20. The van der Waals surface area contributed by atoms with Gasteiger partial charge in [0.2, 0.25) is 0 Å². The van der Waals surface area contributed by atoms with Crippen LogP contribution in [-0.4, -0.2) is 35.6 Å². The van der Waals surface area contributed by atoms with E-state index in [1.165, 1.54) is 23.1 Å². The van der Waals surface area contributed by atoms with Gasteiger partial charge >= 0.3 is 0 Å². The molecule has 3 heterocycles. The fraction of sp³-hybridized carbons (Fsp3) is 0.0800. The molecule has 0 spiro atoms. The third-order valence-electron chi connectivity index (χ3n) is 5.16. The Balaban J connectivity index is 1.51. The number of aliphatic hydroxyl groups excluding tert-OH is 1. The minimum Gasteiger partial charge on any atom is -0.510 e. The molecular weight excluding hydrogens is 464 g/mol. The van der Waals surface area contributed by atoms with Crippen molar-refractivity contribution in [3.8, 4) is 23.1 Å². The molecule has 166 valence electrons. The van der Waals surface area contributed by atoms with E-state index < -0.39 is 0 Å². The Morgan fingerprint density at radius 1 is 1.09 bits per heavy atom. The predicted octanol–water partition coefficient (Wildman–Crippen LogP) is 5.83. The highest BCUT2D eigenvalue weighted by atomic mass is 32.2. The van der Waals surface area contributed by atoms with E-state index in [2.05, 4.69) is 26.2 Å². The monoisotopic (exact) mass is 482 g/mol. The largest absolute Gasteiger partial charge is 0.510 e. The van der Waals surface area contributed by atoms with Crippen LogP contribution in [0.2, 0.25) is 0 Å². The van der Waals surface area contributed by atoms with Crippen LogP contribution >= 0.6 is 23.1 Å². The van der Waals surface area contributed by atoms with Gasteiger partial charge in [-0.05, 0) is 42.8 Å². The first kappa shape index (κ1) is 21.8. The zero-order chi connectivity index (χ0) is 23.5. The molecule has 0 aliphatic carbocycles. The zero-order valence-electron chi connectivity index (χ0n) is 18.1. The number of thiazole rings is 1. The number of aliphatic hydroxyl groups is 1. The minimum atomic E-state index is -0.0474. The van der Waals surface area contributed by atoms with Gasteiger partial charge in [-0.25, -0.2) is 4.98 Å². The summed E-state index contributed by atoms with van der Waals surface area (Å²) >= 11 is 2.69. The van der Waals surface area contributed by atoms with Crippen LogP contribution < -0.4 is 0 Å². The van der Waals surface area contributed by atoms with Crippen molar-refractivity contribution in [1.29, 1.82) is 5.26 Å². The smallest absolute Gasteiger partial charge is 0.196 e. The number of hydrogen-bond acceptors (Lipinski definition) is 8. The molecule has 0 radical (unpaired) electrons. The summed E-state index contributed by atoms with van der Waals surface area (Å²) in [7, 11) is 0. The molecule has 0 atom stereocenters. The maximum Gasteiger partial charge on any atom is 0.196 e. The van der Waals surface area contributed by atoms with E-state index in [1.807, 2.05) is 72.2 Å². The minimum absolute atomic E-state index is 0.0474. The highest BCUT2D eigenvalue weighted by Crippen LogP contribution is 2.32. The number of hydrogen-bond donors (Lipinski definition) is 1. The summed E-state index contributed by atoms with van der Waals surface area (Å²) in [5.74, 6) is 0.754. The van der Waals surface area contributed by atoms with Gasteiger partial charge < -0.3 is 5.11 Å². The second kappa shape index (κ2) is 9.47. The first-order chi connectivity index (χ1) is 16.7. The van der Waals surface area contributed by atoms with Crippen molar-refractivity contribution >= 4 is 38.9 Å². The number of para-hydroxylation sites is 2. The van der Waals surface area contributed by atoms with Crippen LogP contribution in [-0.2, 0) is 0 Å². The van der Waals surface area contributed by atoms with Crippen molar-refractivity contribution in [3.63, 3.8) is 0 Å². The first-order valence-electron chi connectivity index (χ1n) is 10.4. The molecule has 34 heavy (non-hydrogen) atoms. The second-order valence-electron chi connectivity index (χ2n) is 7.38. The van der Waals surface area contributed by atoms with Crippen LogP contribution in [0.25, 0.3) is 32.9 Å². The molecule has 7 nitrogen and oxygen atoms in total. The molecule has 5 aromatic rings. The SMILES string of the molecule is Cc1ccccc1-n1c(SC/C(O)=C(\C#N)c2nc3ccccc3s2)nnc1-c1cccnc1. The summed E-state index contributed by atoms with van der Waals surface area (Å²) in [4.78, 5) is 8.72. The zero-order valence-corrected chi connectivity index (χ0v) is 19.7. The Morgan fingerprint density at radius 2 is 1.91 bits per heavy atom. The van der Waals surface area contributed by atoms with Crippen LogP contribution in [0.15, 0.2) is 84.0 Å². The molecule has 9 heteroatoms. The van der Waals surface area contributed by atoms with Crippen molar-refractivity contribution in [2.24, 2.45) is 0 Å². The molecule has 0 aliphatic rings. The number of allylic oxidation sites excluding steroid dienone is 1. The Morgan fingerprint density at radius 3 is 2.68 bits per heavy atom. The third-order valence-corrected chi connectivity index (χ3v) is 7.15. The van der Waals surface area contributed by atoms with Gasteiger partial charge in [0.05, 0.1) is 21.7 Å². The lowest BCUT2D eigenvalue weighted by Gasteiger charge is -2.12.